The van der Waals surface area contributed by atoms with Gasteiger partial charge in [0.1, 0.15) is 0 Å². The van der Waals surface area contributed by atoms with Crippen molar-refractivity contribution in [3.63, 3.8) is 0 Å². The molecule has 0 fully saturated rings. The molecule has 0 aromatic heterocycles. The summed E-state index contributed by atoms with van der Waals surface area (Å²) in [5, 5.41) is 5.34. The van der Waals surface area contributed by atoms with E-state index in [-0.39, 0.29) is 36.3 Å². The van der Waals surface area contributed by atoms with Gasteiger partial charge in [0.25, 0.3) is 5.91 Å². The Morgan fingerprint density at radius 3 is 2.17 bits per heavy atom. The van der Waals surface area contributed by atoms with E-state index < -0.39 is 0 Å². The normalized spacial score (nSPS) is 10.8. The number of amides is 3. The maximum atomic E-state index is 12.0. The predicted octanol–water partition coefficient (Wildman–Crippen LogP) is 1.10. The van der Waals surface area contributed by atoms with E-state index in [1.807, 2.05) is 39.8 Å². The van der Waals surface area contributed by atoms with Crippen LogP contribution in [0.3, 0.4) is 0 Å². The van der Waals surface area contributed by atoms with Crippen molar-refractivity contribution in [3.05, 3.63) is 35.4 Å². The second kappa shape index (κ2) is 7.76. The Kier molecular flexibility index (Phi) is 6.30. The van der Waals surface area contributed by atoms with Gasteiger partial charge < -0.3 is 15.5 Å². The molecule has 126 valence electrons. The molecule has 0 aliphatic heterocycles. The van der Waals surface area contributed by atoms with E-state index in [0.717, 1.165) is 5.56 Å². The zero-order valence-corrected chi connectivity index (χ0v) is 14.4. The Labute approximate surface area is 137 Å². The molecule has 0 bridgehead atoms. The van der Waals surface area contributed by atoms with Gasteiger partial charge in [-0.25, -0.2) is 0 Å². The van der Waals surface area contributed by atoms with Gasteiger partial charge >= 0.3 is 0 Å². The molecule has 0 atom stereocenters. The summed E-state index contributed by atoms with van der Waals surface area (Å²) >= 11 is 0. The fourth-order valence-electron chi connectivity index (χ4n) is 1.86. The highest BCUT2D eigenvalue weighted by Gasteiger charge is 2.18. The number of nitrogens with one attached hydrogen (secondary N) is 2. The molecule has 0 aliphatic carbocycles. The summed E-state index contributed by atoms with van der Waals surface area (Å²) in [6.07, 6.45) is 0. The van der Waals surface area contributed by atoms with E-state index in [2.05, 4.69) is 10.6 Å². The van der Waals surface area contributed by atoms with Crippen molar-refractivity contribution in [3.8, 4) is 0 Å². The van der Waals surface area contributed by atoms with Crippen molar-refractivity contribution in [1.82, 2.24) is 15.5 Å². The van der Waals surface area contributed by atoms with Crippen molar-refractivity contribution in [2.45, 2.75) is 33.2 Å². The Bertz CT molecular complexity index is 574. The summed E-state index contributed by atoms with van der Waals surface area (Å²) in [5.74, 6) is -0.876. The molecule has 1 rings (SSSR count). The van der Waals surface area contributed by atoms with Crippen LogP contribution in [0.2, 0.25) is 0 Å². The van der Waals surface area contributed by atoms with Gasteiger partial charge in [0.2, 0.25) is 11.8 Å². The van der Waals surface area contributed by atoms with Crippen molar-refractivity contribution in [2.75, 3.05) is 20.1 Å². The highest BCUT2D eigenvalue weighted by atomic mass is 16.2. The lowest BCUT2D eigenvalue weighted by atomic mass is 10.1. The van der Waals surface area contributed by atoms with Gasteiger partial charge in [-0.15, -0.1) is 0 Å². The summed E-state index contributed by atoms with van der Waals surface area (Å²) in [7, 11) is 1.53. The number of likely N-dealkylation sites (N-methyl/N-ethyl adjacent to an activating group) is 1. The number of nitrogens with zero attached hydrogens (tertiary/aromatic N) is 1. The van der Waals surface area contributed by atoms with Crippen LogP contribution >= 0.6 is 0 Å². The molecule has 0 aliphatic rings. The van der Waals surface area contributed by atoms with Gasteiger partial charge in [0, 0.05) is 18.2 Å². The standard InChI is InChI=1S/C17H25N3O3/c1-12-6-8-13(9-7-12)16(23)18-10-15(22)20(5)11-14(21)19-17(2,3)4/h6-9H,10-11H2,1-5H3,(H,18,23)(H,19,21). The SMILES string of the molecule is Cc1ccc(C(=O)NCC(=O)N(C)CC(=O)NC(C)(C)C)cc1. The molecule has 6 heteroatoms. The number of hydrogen-bond acceptors (Lipinski definition) is 3. The van der Waals surface area contributed by atoms with E-state index in [9.17, 15) is 14.4 Å². The second-order valence-electron chi connectivity index (χ2n) is 6.60. The summed E-state index contributed by atoms with van der Waals surface area (Å²) < 4.78 is 0. The van der Waals surface area contributed by atoms with Gasteiger partial charge in [0.05, 0.1) is 13.1 Å². The van der Waals surface area contributed by atoms with E-state index >= 15 is 0 Å². The van der Waals surface area contributed by atoms with E-state index in [1.54, 1.807) is 12.1 Å². The zero-order valence-electron chi connectivity index (χ0n) is 14.4. The van der Waals surface area contributed by atoms with Crippen LogP contribution in [-0.2, 0) is 9.59 Å². The third kappa shape index (κ3) is 6.95. The quantitative estimate of drug-likeness (QED) is 0.853. The third-order valence-electron chi connectivity index (χ3n) is 3.03. The topological polar surface area (TPSA) is 78.5 Å². The molecule has 0 saturated heterocycles. The molecule has 0 saturated carbocycles. The van der Waals surface area contributed by atoms with Crippen molar-refractivity contribution < 1.29 is 14.4 Å². The van der Waals surface area contributed by atoms with E-state index in [0.29, 0.717) is 5.56 Å². The zero-order chi connectivity index (χ0) is 17.6. The number of hydrogen-bond donors (Lipinski definition) is 2. The molecule has 0 heterocycles. The number of carbonyl (C=O) groups is 3. The first-order valence-electron chi connectivity index (χ1n) is 7.48. The summed E-state index contributed by atoms with van der Waals surface area (Å²) in [6.45, 7) is 7.35. The monoisotopic (exact) mass is 319 g/mol. The lowest BCUT2D eigenvalue weighted by Crippen LogP contribution is -2.47. The van der Waals surface area contributed by atoms with Crippen molar-refractivity contribution >= 4 is 17.7 Å². The largest absolute Gasteiger partial charge is 0.350 e. The van der Waals surface area contributed by atoms with Crippen molar-refractivity contribution in [2.24, 2.45) is 0 Å². The molecule has 0 spiro atoms. The van der Waals surface area contributed by atoms with Crippen molar-refractivity contribution in [1.29, 1.82) is 0 Å². The predicted molar refractivity (Wildman–Crippen MR) is 89.0 cm³/mol. The average molecular weight is 319 g/mol. The Morgan fingerprint density at radius 1 is 1.09 bits per heavy atom. The Hall–Kier alpha value is -2.37. The molecule has 6 nitrogen and oxygen atoms in total. The van der Waals surface area contributed by atoms with Crippen LogP contribution in [0, 0.1) is 6.92 Å². The molecular formula is C17H25N3O3. The van der Waals surface area contributed by atoms with Gasteiger partial charge in [-0.05, 0) is 39.8 Å². The molecule has 2 N–H and O–H groups in total. The smallest absolute Gasteiger partial charge is 0.251 e. The number of aryl methyl sites for hydroxylation is 1. The van der Waals surface area contributed by atoms with Gasteiger partial charge in [0.15, 0.2) is 0 Å². The first-order chi connectivity index (χ1) is 10.6. The number of carbonyl (C=O) groups excluding carboxylic acids is 3. The van der Waals surface area contributed by atoms with Crippen LogP contribution in [0.25, 0.3) is 0 Å². The summed E-state index contributed by atoms with van der Waals surface area (Å²) in [4.78, 5) is 37.0. The van der Waals surface area contributed by atoms with Crippen LogP contribution in [0.1, 0.15) is 36.7 Å². The maximum absolute atomic E-state index is 12.0. The average Bonchev–Trinajstić information content (AvgIpc) is 2.42. The van der Waals surface area contributed by atoms with Crippen LogP contribution in [0.4, 0.5) is 0 Å². The minimum atomic E-state index is -0.347. The molecular weight excluding hydrogens is 294 g/mol. The summed E-state index contributed by atoms with van der Waals surface area (Å²) in [5.41, 5.74) is 1.21. The molecule has 3 amide bonds. The highest BCUT2D eigenvalue weighted by Crippen LogP contribution is 2.02. The molecule has 23 heavy (non-hydrogen) atoms. The lowest BCUT2D eigenvalue weighted by molar-refractivity contribution is -0.134. The van der Waals surface area contributed by atoms with E-state index in [4.69, 9.17) is 0 Å². The lowest BCUT2D eigenvalue weighted by Gasteiger charge is -2.23. The Balaban J connectivity index is 2.45. The van der Waals surface area contributed by atoms with Gasteiger partial charge in [-0.2, -0.15) is 0 Å². The van der Waals surface area contributed by atoms with Gasteiger partial charge in [-0.3, -0.25) is 14.4 Å². The molecule has 0 radical (unpaired) electrons. The minimum Gasteiger partial charge on any atom is -0.350 e. The van der Waals surface area contributed by atoms with Crippen LogP contribution in [0.15, 0.2) is 24.3 Å². The van der Waals surface area contributed by atoms with E-state index in [1.165, 1.54) is 11.9 Å². The van der Waals surface area contributed by atoms with Crippen LogP contribution in [0.5, 0.6) is 0 Å². The number of benzene rings is 1. The first kappa shape index (κ1) is 18.7. The van der Waals surface area contributed by atoms with Gasteiger partial charge in [-0.1, -0.05) is 17.7 Å². The first-order valence-corrected chi connectivity index (χ1v) is 7.48. The fraction of sp³-hybridized carbons (Fsp3) is 0.471. The second-order valence-corrected chi connectivity index (χ2v) is 6.60. The van der Waals surface area contributed by atoms with Crippen LogP contribution < -0.4 is 10.6 Å². The number of rotatable bonds is 5. The maximum Gasteiger partial charge on any atom is 0.251 e. The molecule has 1 aromatic rings. The molecule has 0 unspecified atom stereocenters. The Morgan fingerprint density at radius 2 is 1.65 bits per heavy atom. The highest BCUT2D eigenvalue weighted by molar-refractivity contribution is 5.96. The third-order valence-corrected chi connectivity index (χ3v) is 3.03. The fourth-order valence-corrected chi connectivity index (χ4v) is 1.86. The minimum absolute atomic E-state index is 0.0451. The summed E-state index contributed by atoms with van der Waals surface area (Å²) in [6, 6.07) is 7.07. The molecule has 1 aromatic carbocycles. The van der Waals surface area contributed by atoms with Crippen LogP contribution in [-0.4, -0.2) is 48.3 Å².